The van der Waals surface area contributed by atoms with Crippen molar-refractivity contribution in [3.05, 3.63) is 310 Å². The summed E-state index contributed by atoms with van der Waals surface area (Å²) in [6.07, 6.45) is 0. The van der Waals surface area contributed by atoms with Gasteiger partial charge in [-0.2, -0.15) is 0 Å². The molecule has 10 aromatic rings. The molecule has 4 aliphatic heterocycles. The lowest BCUT2D eigenvalue weighted by Gasteiger charge is -2.35. The lowest BCUT2D eigenvalue weighted by molar-refractivity contribution is 0.0472. The Morgan fingerprint density at radius 3 is 1.16 bits per heavy atom. The van der Waals surface area contributed by atoms with Gasteiger partial charge in [0.05, 0.1) is 67.1 Å². The van der Waals surface area contributed by atoms with E-state index < -0.39 is 23.3 Å². The second kappa shape index (κ2) is 31.6. The molecule has 0 radical (unpaired) electrons. The molecule has 21 nitrogen and oxygen atoms in total. The van der Waals surface area contributed by atoms with Crippen LogP contribution in [-0.4, -0.2) is 104 Å². The van der Waals surface area contributed by atoms with E-state index >= 15 is 0 Å². The molecule has 14 rings (SSSR count). The van der Waals surface area contributed by atoms with E-state index in [1.807, 2.05) is 110 Å². The molecule has 21 heteroatoms. The molecule has 0 saturated heterocycles. The zero-order valence-corrected chi connectivity index (χ0v) is 65.5. The average molecular weight is 1500 g/mol. The van der Waals surface area contributed by atoms with Crippen molar-refractivity contribution in [2.45, 2.75) is 101 Å². The van der Waals surface area contributed by atoms with Gasteiger partial charge in [-0.1, -0.05) is 93.1 Å². The highest BCUT2D eigenvalue weighted by atomic mass is 16.5. The Balaban J connectivity index is 0.000000148. The summed E-state index contributed by atoms with van der Waals surface area (Å²) in [4.78, 5) is 156. The van der Waals surface area contributed by atoms with Crippen LogP contribution in [0.4, 0.5) is 17.1 Å². The number of amides is 12. The van der Waals surface area contributed by atoms with Crippen molar-refractivity contribution in [2.24, 2.45) is 0 Å². The number of carbonyl (C=O) groups is 12. The summed E-state index contributed by atoms with van der Waals surface area (Å²) in [6, 6.07) is 54.6. The van der Waals surface area contributed by atoms with Crippen molar-refractivity contribution in [3.63, 3.8) is 0 Å². The maximum atomic E-state index is 13.1. The Bertz CT molecular complexity index is 5650. The topological polar surface area (TPSA) is 275 Å². The predicted molar refractivity (Wildman–Crippen MR) is 431 cm³/mol. The monoisotopic (exact) mass is 1500 g/mol. The van der Waals surface area contributed by atoms with Crippen LogP contribution in [0.15, 0.2) is 188 Å². The number of aryl methyl sites for hydroxylation is 6. The van der Waals surface area contributed by atoms with Gasteiger partial charge >= 0.3 is 0 Å². The Morgan fingerprint density at radius 1 is 0.321 bits per heavy atom. The van der Waals surface area contributed by atoms with Gasteiger partial charge in [-0.3, -0.25) is 62.4 Å². The quantitative estimate of drug-likeness (QED) is 0.0829. The van der Waals surface area contributed by atoms with Crippen LogP contribution in [0.1, 0.15) is 215 Å². The number of imide groups is 4. The second-order valence-electron chi connectivity index (χ2n) is 29.3. The maximum Gasteiger partial charge on any atom is 0.266 e. The van der Waals surface area contributed by atoms with E-state index in [0.29, 0.717) is 67.5 Å². The van der Waals surface area contributed by atoms with E-state index in [1.165, 1.54) is 90.4 Å². The molecule has 0 fully saturated rings. The Labute approximate surface area is 650 Å². The summed E-state index contributed by atoms with van der Waals surface area (Å²) in [7, 11) is 6.08. The first kappa shape index (κ1) is 79.5. The van der Waals surface area contributed by atoms with Gasteiger partial charge in [-0.15, -0.1) is 0 Å². The van der Waals surface area contributed by atoms with Gasteiger partial charge in [0.25, 0.3) is 70.9 Å². The molecule has 112 heavy (non-hydrogen) atoms. The van der Waals surface area contributed by atoms with Crippen molar-refractivity contribution in [2.75, 3.05) is 42.9 Å². The second-order valence-corrected chi connectivity index (χ2v) is 29.3. The largest absolute Gasteiger partial charge is 0.457 e. The van der Waals surface area contributed by atoms with Gasteiger partial charge in [-0.25, -0.2) is 14.7 Å². The Morgan fingerprint density at radius 2 is 0.705 bits per heavy atom. The van der Waals surface area contributed by atoms with E-state index in [9.17, 15) is 57.5 Å². The molecule has 0 aliphatic carbocycles. The highest BCUT2D eigenvalue weighted by molar-refractivity contribution is 6.37. The normalized spacial score (nSPS) is 13.3. The highest BCUT2D eigenvalue weighted by Gasteiger charge is 2.46. The summed E-state index contributed by atoms with van der Waals surface area (Å²) in [6.45, 7) is 26.0. The highest BCUT2D eigenvalue weighted by Crippen LogP contribution is 2.41. The molecule has 0 saturated carbocycles. The Kier molecular flexibility index (Phi) is 22.4. The number of nitrogens with zero attached hydrogens (tertiary/aromatic N) is 4. The molecule has 10 aromatic carbocycles. The third-order valence-electron chi connectivity index (χ3n) is 20.7. The van der Waals surface area contributed by atoms with Crippen molar-refractivity contribution < 1.29 is 62.3 Å². The summed E-state index contributed by atoms with van der Waals surface area (Å²) in [5.41, 5.74) is 16.9. The molecule has 4 aliphatic rings. The lowest BCUT2D eigenvalue weighted by atomic mass is 9.83. The predicted octanol–water partition coefficient (Wildman–Crippen LogP) is 15.3. The first-order valence-corrected chi connectivity index (χ1v) is 36.3. The zero-order chi connectivity index (χ0) is 81.4. The van der Waals surface area contributed by atoms with Crippen LogP contribution in [0.2, 0.25) is 0 Å². The van der Waals surface area contributed by atoms with E-state index in [0.717, 1.165) is 60.5 Å². The van der Waals surface area contributed by atoms with E-state index in [1.54, 1.807) is 66.7 Å². The van der Waals surface area contributed by atoms with Crippen LogP contribution in [0.5, 0.6) is 11.5 Å². The first-order valence-electron chi connectivity index (χ1n) is 36.3. The molecular formula is C91H86N8O13. The smallest absolute Gasteiger partial charge is 0.266 e. The summed E-state index contributed by atoms with van der Waals surface area (Å²) >= 11 is 0. The average Bonchev–Trinajstić information content (AvgIpc) is 1.60. The maximum absolute atomic E-state index is 13.1. The van der Waals surface area contributed by atoms with Crippen LogP contribution >= 0.6 is 0 Å². The lowest BCUT2D eigenvalue weighted by Crippen LogP contribution is -2.45. The summed E-state index contributed by atoms with van der Waals surface area (Å²) < 4.78 is 5.79. The fraction of sp³-hybridized carbons (Fsp3) is 0.209. The molecule has 12 amide bonds. The molecule has 0 bridgehead atoms. The van der Waals surface area contributed by atoms with Crippen LogP contribution in [0.3, 0.4) is 0 Å². The van der Waals surface area contributed by atoms with Crippen molar-refractivity contribution in [1.29, 1.82) is 0 Å². The van der Waals surface area contributed by atoms with Crippen LogP contribution in [0.25, 0.3) is 11.1 Å². The molecule has 4 N–H and O–H groups in total. The fourth-order valence-electron chi connectivity index (χ4n) is 13.8. The molecule has 0 unspecified atom stereocenters. The number of hydrogen-bond donors (Lipinski definition) is 4. The Hall–Kier alpha value is -13.6. The summed E-state index contributed by atoms with van der Waals surface area (Å²) in [5.74, 6) is -3.02. The number of fused-ring (bicyclic) bond motifs is 4. The molecule has 0 aromatic heterocycles. The molecular weight excluding hydrogens is 1410 g/mol. The molecule has 568 valence electrons. The van der Waals surface area contributed by atoms with Gasteiger partial charge < -0.3 is 26.0 Å². The van der Waals surface area contributed by atoms with Gasteiger partial charge in [-0.05, 0) is 257 Å². The van der Waals surface area contributed by atoms with E-state index in [4.69, 9.17) is 4.74 Å². The minimum atomic E-state index is -0.832. The molecule has 0 atom stereocenters. The molecule has 4 heterocycles. The number of rotatable bonds is 12. The number of anilines is 3. The van der Waals surface area contributed by atoms with Crippen molar-refractivity contribution in [3.8, 4) is 22.6 Å². The van der Waals surface area contributed by atoms with Crippen molar-refractivity contribution in [1.82, 2.24) is 26.2 Å². The van der Waals surface area contributed by atoms with Gasteiger partial charge in [0.2, 0.25) is 0 Å². The molecule has 0 spiro atoms. The fourth-order valence-corrected chi connectivity index (χ4v) is 13.8. The van der Waals surface area contributed by atoms with Crippen LogP contribution in [0, 0.1) is 55.4 Å². The SMILES string of the molecule is CNC(=O)c1ccc2c(c1)C(=O)N(C(C)(C)c1cccc(C(C)(C)C)c1)C2=O.CNC(=O)c1ccc2c(c1)C(=O)N(c1c(C)cc(C)c(C)c1C)C2=O.CNC(=O)c1ccc2c(c1)C(=O)N(c1ccc(-c3ccc(C)c(C)c3)cc1C)C2=O.CNC(=O)c1ccc2c(c1)C(=O)N(c1ccc(Oc3ccc(C)cc3)cc1)C2=O. The number of ether oxygens (including phenoxy) is 1. The zero-order valence-electron chi connectivity index (χ0n) is 65.5. The standard InChI is InChI=1S/C25H22N2O3.C23H18N2O4.C23H26N2O3.C20H20N2O3/c1-14-5-6-17(11-15(14)2)18-8-10-22(16(3)12-18)27-24(29)20-9-7-19(23(28)26-4)13-21(20)25(27)30;1-14-3-8-17(9-4-14)29-18-10-6-16(7-11-18)25-22(27)19-12-5-15(21(26)24-2)13-20(19)23(25)28;1-22(2,3)15-8-7-9-16(13-15)23(4,5)25-20(27)17-11-10-14(19(26)24-6)12-18(17)21(25)28;1-10-8-11(2)17(13(4)12(10)3)22-19(24)15-7-6-14(18(23)21-5)9-16(15)20(22)25/h5-13H,1-4H3,(H,26,28);3-13H,1-2H3,(H,24,26);7-13H,1-6H3,(H,24,26);6-9H,1-5H3,(H,21,23). The third kappa shape index (κ3) is 15.2. The van der Waals surface area contributed by atoms with Crippen LogP contribution < -0.4 is 40.7 Å². The van der Waals surface area contributed by atoms with Gasteiger partial charge in [0.1, 0.15) is 11.5 Å². The number of nitrogens with one attached hydrogen (secondary N) is 4. The van der Waals surface area contributed by atoms with E-state index in [2.05, 4.69) is 86.2 Å². The van der Waals surface area contributed by atoms with Crippen molar-refractivity contribution >= 4 is 87.9 Å². The number of benzene rings is 10. The summed E-state index contributed by atoms with van der Waals surface area (Å²) in [5, 5.41) is 10.1. The number of carbonyl (C=O) groups excluding carboxylic acids is 12. The van der Waals surface area contributed by atoms with Gasteiger partial charge in [0.15, 0.2) is 0 Å². The first-order chi connectivity index (χ1) is 53.0. The minimum Gasteiger partial charge on any atom is -0.457 e. The number of hydrogen-bond acceptors (Lipinski definition) is 13. The van der Waals surface area contributed by atoms with Gasteiger partial charge in [0, 0.05) is 50.4 Å². The third-order valence-corrected chi connectivity index (χ3v) is 20.7. The van der Waals surface area contributed by atoms with E-state index in [-0.39, 0.29) is 86.4 Å². The minimum absolute atomic E-state index is 0.0451. The van der Waals surface area contributed by atoms with Crippen LogP contribution in [-0.2, 0) is 11.0 Å².